The van der Waals surface area contributed by atoms with Gasteiger partial charge in [0, 0.05) is 17.9 Å². The first-order chi connectivity index (χ1) is 8.63. The van der Waals surface area contributed by atoms with Crippen LogP contribution in [0.2, 0.25) is 0 Å². The van der Waals surface area contributed by atoms with Crippen molar-refractivity contribution in [2.24, 2.45) is 0 Å². The Labute approximate surface area is 116 Å². The van der Waals surface area contributed by atoms with Crippen molar-refractivity contribution in [1.82, 2.24) is 9.88 Å². The lowest BCUT2D eigenvalue weighted by Gasteiger charge is -2.29. The van der Waals surface area contributed by atoms with E-state index in [0.717, 1.165) is 24.4 Å². The minimum Gasteiger partial charge on any atom is -0.334 e. The molecule has 1 amide bonds. The smallest absolute Gasteiger partial charge is 0.272 e. The van der Waals surface area contributed by atoms with Crippen molar-refractivity contribution < 1.29 is 9.18 Å². The molecular weight excluding hydrogens is 299 g/mol. The Hall–Kier alpha value is -0.970. The molecule has 0 bridgehead atoms. The van der Waals surface area contributed by atoms with E-state index < -0.39 is 5.82 Å². The highest BCUT2D eigenvalue weighted by atomic mass is 79.9. The molecule has 100 valence electrons. The predicted octanol–water partition coefficient (Wildman–Crippen LogP) is 3.25. The zero-order valence-corrected chi connectivity index (χ0v) is 12.3. The minimum atomic E-state index is -0.430. The van der Waals surface area contributed by atoms with E-state index in [1.54, 1.807) is 4.90 Å². The molecule has 5 heteroatoms. The second-order valence-electron chi connectivity index (χ2n) is 4.02. The number of alkyl halides is 1. The van der Waals surface area contributed by atoms with Gasteiger partial charge in [0.2, 0.25) is 0 Å². The van der Waals surface area contributed by atoms with Crippen LogP contribution in [0, 0.1) is 5.82 Å². The summed E-state index contributed by atoms with van der Waals surface area (Å²) in [6, 6.07) is 2.89. The summed E-state index contributed by atoms with van der Waals surface area (Å²) in [4.78, 5) is 18.0. The molecule has 0 unspecified atom stereocenters. The molecule has 18 heavy (non-hydrogen) atoms. The molecule has 0 aliphatic carbocycles. The Morgan fingerprint density at radius 2 is 2.11 bits per heavy atom. The monoisotopic (exact) mass is 316 g/mol. The molecule has 1 heterocycles. The number of carbonyl (C=O) groups excluding carboxylic acids is 1. The molecule has 0 radical (unpaired) electrons. The summed E-state index contributed by atoms with van der Waals surface area (Å²) in [6.07, 6.45) is 2.87. The minimum absolute atomic E-state index is 0.136. The van der Waals surface area contributed by atoms with Gasteiger partial charge in [-0.3, -0.25) is 4.79 Å². The molecule has 0 fully saturated rings. The molecule has 1 aromatic heterocycles. The summed E-state index contributed by atoms with van der Waals surface area (Å²) >= 11 is 3.35. The second-order valence-corrected chi connectivity index (χ2v) is 4.81. The normalized spacial score (nSPS) is 10.7. The van der Waals surface area contributed by atoms with E-state index in [0.29, 0.717) is 12.2 Å². The molecule has 1 rings (SSSR count). The van der Waals surface area contributed by atoms with Crippen LogP contribution in [0.3, 0.4) is 0 Å². The lowest BCUT2D eigenvalue weighted by molar-refractivity contribution is 0.0677. The van der Waals surface area contributed by atoms with Crippen LogP contribution >= 0.6 is 15.9 Å². The van der Waals surface area contributed by atoms with Gasteiger partial charge in [-0.15, -0.1) is 0 Å². The zero-order chi connectivity index (χ0) is 13.5. The lowest BCUT2D eigenvalue weighted by atomic mass is 10.1. The van der Waals surface area contributed by atoms with Crippen molar-refractivity contribution in [2.75, 3.05) is 11.9 Å². The Balaban J connectivity index is 2.91. The molecule has 0 atom stereocenters. The average Bonchev–Trinajstić information content (AvgIpc) is 2.39. The second kappa shape index (κ2) is 7.46. The Bertz CT molecular complexity index is 379. The van der Waals surface area contributed by atoms with Crippen molar-refractivity contribution in [3.05, 3.63) is 29.8 Å². The molecule has 0 spiro atoms. The fraction of sp³-hybridized carbons (Fsp3) is 0.538. The van der Waals surface area contributed by atoms with Gasteiger partial charge in [-0.25, -0.2) is 9.37 Å². The van der Waals surface area contributed by atoms with E-state index in [1.165, 1.54) is 12.1 Å². The van der Waals surface area contributed by atoms with Crippen molar-refractivity contribution in [1.29, 1.82) is 0 Å². The number of aromatic nitrogens is 1. The third-order valence-electron chi connectivity index (χ3n) is 2.92. The van der Waals surface area contributed by atoms with E-state index in [1.807, 2.05) is 0 Å². The first kappa shape index (κ1) is 15.1. The van der Waals surface area contributed by atoms with Gasteiger partial charge in [-0.2, -0.15) is 0 Å². The van der Waals surface area contributed by atoms with Gasteiger partial charge >= 0.3 is 0 Å². The fourth-order valence-corrected chi connectivity index (χ4v) is 2.30. The number of pyridine rings is 1. The highest BCUT2D eigenvalue weighted by molar-refractivity contribution is 9.09. The van der Waals surface area contributed by atoms with Crippen LogP contribution in [-0.2, 0) is 0 Å². The number of hydrogen-bond donors (Lipinski definition) is 0. The quantitative estimate of drug-likeness (QED) is 0.755. The summed E-state index contributed by atoms with van der Waals surface area (Å²) in [5.41, 5.74) is 0.296. The number of nitrogens with zero attached hydrogens (tertiary/aromatic N) is 2. The molecule has 1 aromatic rings. The standard InChI is InChI=1S/C13H18BrFN2O/c1-3-11(4-2)17(8-7-14)13(18)12-6-5-10(15)9-16-12/h5-6,9,11H,3-4,7-8H2,1-2H3. The summed E-state index contributed by atoms with van der Waals surface area (Å²) in [5.74, 6) is -0.565. The van der Waals surface area contributed by atoms with Gasteiger partial charge < -0.3 is 4.90 Å². The first-order valence-corrected chi connectivity index (χ1v) is 7.24. The third kappa shape index (κ3) is 3.77. The third-order valence-corrected chi connectivity index (χ3v) is 3.27. The van der Waals surface area contributed by atoms with Crippen LogP contribution in [0.4, 0.5) is 4.39 Å². The number of rotatable bonds is 6. The van der Waals surface area contributed by atoms with Crippen LogP contribution in [0.25, 0.3) is 0 Å². The lowest BCUT2D eigenvalue weighted by Crippen LogP contribution is -2.41. The Morgan fingerprint density at radius 1 is 1.44 bits per heavy atom. The van der Waals surface area contributed by atoms with Gasteiger partial charge in [0.1, 0.15) is 11.5 Å². The molecule has 0 N–H and O–H groups in total. The fourth-order valence-electron chi connectivity index (χ4n) is 1.92. The topological polar surface area (TPSA) is 33.2 Å². The number of halogens is 2. The van der Waals surface area contributed by atoms with Gasteiger partial charge in [-0.05, 0) is 25.0 Å². The van der Waals surface area contributed by atoms with Gasteiger partial charge in [0.05, 0.1) is 6.20 Å². The maximum absolute atomic E-state index is 12.8. The summed E-state index contributed by atoms with van der Waals surface area (Å²) in [6.45, 7) is 4.74. The van der Waals surface area contributed by atoms with E-state index in [-0.39, 0.29) is 11.9 Å². The van der Waals surface area contributed by atoms with E-state index in [2.05, 4.69) is 34.8 Å². The Kier molecular flexibility index (Phi) is 6.25. The molecule has 0 aromatic carbocycles. The van der Waals surface area contributed by atoms with Crippen LogP contribution in [0.5, 0.6) is 0 Å². The molecule has 0 saturated carbocycles. The van der Waals surface area contributed by atoms with E-state index in [4.69, 9.17) is 0 Å². The predicted molar refractivity (Wildman–Crippen MR) is 73.4 cm³/mol. The molecule has 0 saturated heterocycles. The number of amides is 1. The number of hydrogen-bond acceptors (Lipinski definition) is 2. The van der Waals surface area contributed by atoms with Crippen LogP contribution in [-0.4, -0.2) is 33.7 Å². The van der Waals surface area contributed by atoms with Crippen molar-refractivity contribution in [3.8, 4) is 0 Å². The molecule has 0 aliphatic rings. The van der Waals surface area contributed by atoms with Gasteiger partial charge in [0.15, 0.2) is 0 Å². The molecular formula is C13H18BrFN2O. The molecule has 3 nitrogen and oxygen atoms in total. The van der Waals surface area contributed by atoms with Crippen LogP contribution in [0.1, 0.15) is 37.2 Å². The number of carbonyl (C=O) groups is 1. The summed E-state index contributed by atoms with van der Waals surface area (Å²) in [7, 11) is 0. The van der Waals surface area contributed by atoms with E-state index in [9.17, 15) is 9.18 Å². The maximum Gasteiger partial charge on any atom is 0.272 e. The van der Waals surface area contributed by atoms with E-state index >= 15 is 0 Å². The van der Waals surface area contributed by atoms with Gasteiger partial charge in [0.25, 0.3) is 5.91 Å². The maximum atomic E-state index is 12.8. The van der Waals surface area contributed by atoms with Crippen molar-refractivity contribution >= 4 is 21.8 Å². The Morgan fingerprint density at radius 3 is 2.56 bits per heavy atom. The van der Waals surface area contributed by atoms with Crippen LogP contribution in [0.15, 0.2) is 18.3 Å². The van der Waals surface area contributed by atoms with Crippen molar-refractivity contribution in [3.63, 3.8) is 0 Å². The van der Waals surface area contributed by atoms with Crippen molar-refractivity contribution in [2.45, 2.75) is 32.7 Å². The van der Waals surface area contributed by atoms with Crippen LogP contribution < -0.4 is 0 Å². The molecule has 0 aliphatic heterocycles. The highest BCUT2D eigenvalue weighted by Crippen LogP contribution is 2.13. The van der Waals surface area contributed by atoms with Gasteiger partial charge in [-0.1, -0.05) is 29.8 Å². The SMILES string of the molecule is CCC(CC)N(CCBr)C(=O)c1ccc(F)cn1. The first-order valence-electron chi connectivity index (χ1n) is 6.12. The summed E-state index contributed by atoms with van der Waals surface area (Å²) < 4.78 is 12.8. The largest absolute Gasteiger partial charge is 0.334 e. The summed E-state index contributed by atoms with van der Waals surface area (Å²) in [5, 5.41) is 0.719. The average molecular weight is 317 g/mol. The zero-order valence-electron chi connectivity index (χ0n) is 10.7. The highest BCUT2D eigenvalue weighted by Gasteiger charge is 2.22.